The molecule has 0 aromatic carbocycles. The summed E-state index contributed by atoms with van der Waals surface area (Å²) in [6.45, 7) is 0.527. The van der Waals surface area contributed by atoms with Crippen molar-refractivity contribution in [3.63, 3.8) is 0 Å². The smallest absolute Gasteiger partial charge is 0.417 e. The van der Waals surface area contributed by atoms with Crippen LogP contribution in [0.2, 0.25) is 5.02 Å². The quantitative estimate of drug-likeness (QED) is 0.132. The molecule has 2 aromatic heterocycles. The van der Waals surface area contributed by atoms with E-state index in [0.29, 0.717) is 36.3 Å². The van der Waals surface area contributed by atoms with E-state index in [1.807, 2.05) is 0 Å². The number of halogens is 4. The molecule has 0 aliphatic rings. The number of nitrogens with zero attached hydrogens (tertiary/aromatic N) is 2. The molecule has 2 rings (SSSR count). The number of pyridine rings is 2. The van der Waals surface area contributed by atoms with E-state index in [4.69, 9.17) is 39.1 Å². The lowest BCUT2D eigenvalue weighted by atomic mass is 10.3. The third-order valence-electron chi connectivity index (χ3n) is 3.20. The molecule has 0 amide bonds. The van der Waals surface area contributed by atoms with E-state index in [2.05, 4.69) is 30.0 Å². The maximum Gasteiger partial charge on any atom is 0.417 e. The lowest BCUT2D eigenvalue weighted by Crippen LogP contribution is -2.10. The largest absolute Gasteiger partial charge is 0.480 e. The minimum Gasteiger partial charge on any atom is -0.480 e. The number of hydrogen-bond acceptors (Lipinski definition) is 9. The zero-order chi connectivity index (χ0) is 27.7. The monoisotopic (exact) mass is 556 g/mol. The topological polar surface area (TPSA) is 183 Å². The molecule has 198 valence electrons. The molecule has 0 fully saturated rings. The van der Waals surface area contributed by atoms with E-state index in [1.165, 1.54) is 19.4 Å². The fourth-order valence-electron chi connectivity index (χ4n) is 1.67. The number of carboxylic acid groups (broad SMARTS) is 3. The molecule has 0 saturated carbocycles. The lowest BCUT2D eigenvalue weighted by molar-refractivity contribution is -0.142. The molecular formula is C19H20ClF3N4O8S. The molecule has 0 bridgehead atoms. The van der Waals surface area contributed by atoms with Crippen molar-refractivity contribution in [2.24, 2.45) is 5.10 Å². The van der Waals surface area contributed by atoms with Crippen LogP contribution in [-0.2, 0) is 25.2 Å². The van der Waals surface area contributed by atoms with E-state index in [0.717, 1.165) is 0 Å². The third-order valence-corrected chi connectivity index (χ3v) is 3.74. The fourth-order valence-corrected chi connectivity index (χ4v) is 2.00. The molecule has 0 saturated heterocycles. The highest BCUT2D eigenvalue weighted by molar-refractivity contribution is 7.71. The zero-order valence-electron chi connectivity index (χ0n) is 18.3. The minimum absolute atomic E-state index is 0.169. The second-order valence-electron chi connectivity index (χ2n) is 5.95. The van der Waals surface area contributed by atoms with Gasteiger partial charge in [0.05, 0.1) is 29.4 Å². The highest BCUT2D eigenvalue weighted by Gasteiger charge is 2.31. The van der Waals surface area contributed by atoms with Gasteiger partial charge in [-0.05, 0) is 18.2 Å². The van der Waals surface area contributed by atoms with Gasteiger partial charge in [0.15, 0.2) is 5.82 Å². The molecule has 12 nitrogen and oxygen atoms in total. The van der Waals surface area contributed by atoms with Crippen molar-refractivity contribution in [3.8, 4) is 0 Å². The molecule has 2 aromatic rings. The summed E-state index contributed by atoms with van der Waals surface area (Å²) < 4.78 is 46.4. The Kier molecular flexibility index (Phi) is 15.2. The molecule has 5 N–H and O–H groups in total. The Balaban J connectivity index is 0.000000551. The van der Waals surface area contributed by atoms with Crippen LogP contribution in [0.4, 0.5) is 19.0 Å². The lowest BCUT2D eigenvalue weighted by Gasteiger charge is -2.08. The number of carboxylic acids is 3. The van der Waals surface area contributed by atoms with Gasteiger partial charge in [-0.1, -0.05) is 23.8 Å². The van der Waals surface area contributed by atoms with Gasteiger partial charge in [0.2, 0.25) is 0 Å². The Labute approximate surface area is 211 Å². The summed E-state index contributed by atoms with van der Waals surface area (Å²) in [5, 5.41) is 27.6. The molecule has 0 radical (unpaired) electrons. The number of aromatic nitrogens is 2. The van der Waals surface area contributed by atoms with E-state index in [1.54, 1.807) is 6.07 Å². The molecule has 0 atom stereocenters. The third kappa shape index (κ3) is 15.3. The van der Waals surface area contributed by atoms with Crippen LogP contribution >= 0.6 is 23.8 Å². The number of alkyl halides is 3. The first-order valence-corrected chi connectivity index (χ1v) is 10.0. The van der Waals surface area contributed by atoms with Crippen molar-refractivity contribution in [1.82, 2.24) is 9.97 Å². The molecule has 17 heteroatoms. The zero-order valence-corrected chi connectivity index (χ0v) is 19.9. The minimum atomic E-state index is -4.54. The van der Waals surface area contributed by atoms with Crippen LogP contribution in [-0.4, -0.2) is 76.3 Å². The molecular weight excluding hydrogens is 537 g/mol. The van der Waals surface area contributed by atoms with Gasteiger partial charge in [0.25, 0.3) is 0 Å². The molecule has 0 spiro atoms. The van der Waals surface area contributed by atoms with E-state index < -0.39 is 29.6 Å². The van der Waals surface area contributed by atoms with Gasteiger partial charge in [0, 0.05) is 19.5 Å². The van der Waals surface area contributed by atoms with Crippen molar-refractivity contribution in [1.29, 1.82) is 0 Å². The number of hydrazone groups is 1. The standard InChI is InChI=1S/C8H5ClF3N3O2.C6H5NO2S.C5H10O4/c9-5-1-4(8(10,11)12)2-13-7(5)15-14-3-6(16)17;8-6(9)4-1-2-5(10)7-3-4;1-8-2-3-9-4-5(6)7/h1-3H,(H,13,15)(H,16,17);1-3H,(H,7,10)(H,8,9);2-4H2,1H3,(H,6,7). The highest BCUT2D eigenvalue weighted by atomic mass is 35.5. The first kappa shape index (κ1) is 32.4. The highest BCUT2D eigenvalue weighted by Crippen LogP contribution is 2.32. The Morgan fingerprint density at radius 2 is 1.92 bits per heavy atom. The number of anilines is 1. The summed E-state index contributed by atoms with van der Waals surface area (Å²) in [7, 11) is 1.53. The fraction of sp³-hybridized carbons (Fsp3) is 0.263. The van der Waals surface area contributed by atoms with Crippen LogP contribution in [0.5, 0.6) is 0 Å². The van der Waals surface area contributed by atoms with Crippen LogP contribution in [0.1, 0.15) is 15.9 Å². The summed E-state index contributed by atoms with van der Waals surface area (Å²) in [6, 6.07) is 3.66. The predicted molar refractivity (Wildman–Crippen MR) is 123 cm³/mol. The maximum absolute atomic E-state index is 12.2. The van der Waals surface area contributed by atoms with Crippen molar-refractivity contribution in [2.45, 2.75) is 6.18 Å². The van der Waals surface area contributed by atoms with Crippen LogP contribution in [0.15, 0.2) is 35.7 Å². The van der Waals surface area contributed by atoms with Crippen LogP contribution in [0.3, 0.4) is 0 Å². The number of aromatic amines is 1. The summed E-state index contributed by atoms with van der Waals surface area (Å²) in [6.07, 6.45) is -2.11. The number of H-pyrrole nitrogens is 1. The number of methoxy groups -OCH3 is 1. The Morgan fingerprint density at radius 1 is 1.25 bits per heavy atom. The average Bonchev–Trinajstić information content (AvgIpc) is 2.78. The Morgan fingerprint density at radius 3 is 2.36 bits per heavy atom. The van der Waals surface area contributed by atoms with Crippen LogP contribution < -0.4 is 5.43 Å². The van der Waals surface area contributed by atoms with Gasteiger partial charge in [-0.15, -0.1) is 0 Å². The average molecular weight is 557 g/mol. The van der Waals surface area contributed by atoms with Crippen LogP contribution in [0, 0.1) is 4.64 Å². The van der Waals surface area contributed by atoms with Gasteiger partial charge >= 0.3 is 24.1 Å². The number of nitrogens with one attached hydrogen (secondary N) is 2. The molecule has 36 heavy (non-hydrogen) atoms. The SMILES string of the molecule is COCCOCC(=O)O.O=C(O)C=NNc1ncc(C(F)(F)F)cc1Cl.O=C(O)c1ccc(=S)[nH]c1. The van der Waals surface area contributed by atoms with E-state index in [9.17, 15) is 27.6 Å². The summed E-state index contributed by atoms with van der Waals surface area (Å²) in [4.78, 5) is 36.1. The maximum atomic E-state index is 12.2. The van der Waals surface area contributed by atoms with E-state index in [-0.39, 0.29) is 23.0 Å². The molecule has 0 unspecified atom stereocenters. The van der Waals surface area contributed by atoms with Gasteiger partial charge in [-0.25, -0.2) is 19.4 Å². The van der Waals surface area contributed by atoms with Crippen molar-refractivity contribution in [2.75, 3.05) is 32.4 Å². The molecule has 0 aliphatic heterocycles. The number of rotatable bonds is 9. The Bertz CT molecular complexity index is 1080. The summed E-state index contributed by atoms with van der Waals surface area (Å²) in [5.41, 5.74) is 1.31. The van der Waals surface area contributed by atoms with Gasteiger partial charge < -0.3 is 29.8 Å². The van der Waals surface area contributed by atoms with Gasteiger partial charge in [0.1, 0.15) is 17.5 Å². The predicted octanol–water partition coefficient (Wildman–Crippen LogP) is 3.41. The Hall–Kier alpha value is -3.60. The molecule has 0 aliphatic carbocycles. The second kappa shape index (κ2) is 16.9. The normalized spacial score (nSPS) is 10.5. The number of aromatic carboxylic acids is 1. The van der Waals surface area contributed by atoms with Gasteiger partial charge in [-0.3, -0.25) is 5.43 Å². The first-order chi connectivity index (χ1) is 16.8. The summed E-state index contributed by atoms with van der Waals surface area (Å²) >= 11 is 10.2. The van der Waals surface area contributed by atoms with Crippen molar-refractivity contribution >= 4 is 53.8 Å². The number of hydrogen-bond donors (Lipinski definition) is 5. The van der Waals surface area contributed by atoms with Crippen LogP contribution in [0.25, 0.3) is 0 Å². The number of aliphatic carboxylic acids is 2. The van der Waals surface area contributed by atoms with Gasteiger partial charge in [-0.2, -0.15) is 18.3 Å². The van der Waals surface area contributed by atoms with E-state index >= 15 is 0 Å². The molecule has 2 heterocycles. The number of ether oxygens (including phenoxy) is 2. The van der Waals surface area contributed by atoms with Crippen molar-refractivity contribution < 1.29 is 52.3 Å². The second-order valence-corrected chi connectivity index (χ2v) is 6.79. The number of carbonyl (C=O) groups is 3. The summed E-state index contributed by atoms with van der Waals surface area (Å²) in [5.74, 6) is -3.39. The first-order valence-electron chi connectivity index (χ1n) is 9.23. The van der Waals surface area contributed by atoms with Crippen molar-refractivity contribution in [3.05, 3.63) is 51.4 Å².